The fraction of sp³-hybridized carbons (Fsp3) is 0.360. The Morgan fingerprint density at radius 1 is 1.00 bits per heavy atom. The summed E-state index contributed by atoms with van der Waals surface area (Å²) < 4.78 is 1.77. The van der Waals surface area contributed by atoms with Gasteiger partial charge in [0, 0.05) is 41.3 Å². The van der Waals surface area contributed by atoms with E-state index in [-0.39, 0.29) is 17.7 Å². The van der Waals surface area contributed by atoms with Crippen LogP contribution in [0.2, 0.25) is 0 Å². The zero-order valence-electron chi connectivity index (χ0n) is 17.9. The van der Waals surface area contributed by atoms with Gasteiger partial charge < -0.3 is 11.1 Å². The molecule has 0 radical (unpaired) electrons. The summed E-state index contributed by atoms with van der Waals surface area (Å²) in [6.07, 6.45) is 11.3. The van der Waals surface area contributed by atoms with Crippen molar-refractivity contribution in [2.75, 3.05) is 5.32 Å². The molecule has 0 aliphatic heterocycles. The van der Waals surface area contributed by atoms with Gasteiger partial charge in [-0.1, -0.05) is 6.07 Å². The van der Waals surface area contributed by atoms with Gasteiger partial charge in [-0.2, -0.15) is 5.10 Å². The Labute approximate surface area is 186 Å². The Morgan fingerprint density at radius 2 is 1.81 bits per heavy atom. The molecule has 3 N–H and O–H groups in total. The monoisotopic (exact) mass is 426 g/mol. The molecule has 162 valence electrons. The van der Waals surface area contributed by atoms with Crippen molar-refractivity contribution in [2.24, 2.45) is 11.7 Å². The predicted molar refractivity (Wildman–Crippen MR) is 125 cm³/mol. The molecular formula is C25H26N6O. The highest BCUT2D eigenvalue weighted by Crippen LogP contribution is 2.38. The summed E-state index contributed by atoms with van der Waals surface area (Å²) in [5.74, 6) is 0.358. The first-order chi connectivity index (χ1) is 15.7. The molecule has 7 nitrogen and oxygen atoms in total. The second-order valence-electron chi connectivity index (χ2n) is 9.15. The van der Waals surface area contributed by atoms with Crippen LogP contribution in [0, 0.1) is 5.92 Å². The second-order valence-corrected chi connectivity index (χ2v) is 9.15. The predicted octanol–water partition coefficient (Wildman–Crippen LogP) is 4.22. The van der Waals surface area contributed by atoms with Crippen molar-refractivity contribution in [2.45, 2.75) is 50.6 Å². The summed E-state index contributed by atoms with van der Waals surface area (Å²) in [6.45, 7) is 0. The zero-order chi connectivity index (χ0) is 21.7. The van der Waals surface area contributed by atoms with E-state index in [0.717, 1.165) is 77.5 Å². The molecule has 6 rings (SSSR count). The molecule has 4 aromatic rings. The molecule has 0 unspecified atom stereocenters. The molecule has 1 aromatic carbocycles. The van der Waals surface area contributed by atoms with Gasteiger partial charge in [0.1, 0.15) is 6.33 Å². The van der Waals surface area contributed by atoms with Crippen LogP contribution in [0.15, 0.2) is 49.1 Å². The summed E-state index contributed by atoms with van der Waals surface area (Å²) >= 11 is 0. The molecule has 3 heterocycles. The number of pyridine rings is 2. The maximum atomic E-state index is 13.1. The molecule has 7 heteroatoms. The molecule has 3 aromatic heterocycles. The lowest BCUT2D eigenvalue weighted by atomic mass is 9.91. The van der Waals surface area contributed by atoms with Crippen molar-refractivity contribution < 1.29 is 4.79 Å². The Kier molecular flexibility index (Phi) is 4.64. The normalized spacial score (nSPS) is 21.2. The van der Waals surface area contributed by atoms with E-state index in [0.29, 0.717) is 6.04 Å². The third-order valence-electron chi connectivity index (χ3n) is 6.81. The number of fused-ring (bicyclic) bond motifs is 2. The topological polar surface area (TPSA) is 98.2 Å². The first kappa shape index (κ1) is 19.4. The molecule has 2 fully saturated rings. The zero-order valence-corrected chi connectivity index (χ0v) is 17.9. The minimum absolute atomic E-state index is 0.146. The number of aromatic nitrogens is 4. The van der Waals surface area contributed by atoms with Crippen molar-refractivity contribution in [1.29, 1.82) is 0 Å². The van der Waals surface area contributed by atoms with Crippen molar-refractivity contribution in [3.05, 3.63) is 54.6 Å². The first-order valence-corrected chi connectivity index (χ1v) is 11.4. The lowest BCUT2D eigenvalue weighted by molar-refractivity contribution is 0.0968. The first-order valence-electron chi connectivity index (χ1n) is 11.4. The summed E-state index contributed by atoms with van der Waals surface area (Å²) in [5, 5.41) is 8.98. The van der Waals surface area contributed by atoms with Crippen LogP contribution in [0.3, 0.4) is 0 Å². The van der Waals surface area contributed by atoms with Crippen molar-refractivity contribution >= 4 is 28.0 Å². The van der Waals surface area contributed by atoms with Gasteiger partial charge in [0.25, 0.3) is 0 Å². The summed E-state index contributed by atoms with van der Waals surface area (Å²) in [4.78, 5) is 22.0. The summed E-state index contributed by atoms with van der Waals surface area (Å²) in [7, 11) is 0. The maximum Gasteiger partial charge on any atom is 0.169 e. The van der Waals surface area contributed by atoms with Crippen LogP contribution in [0.25, 0.3) is 27.7 Å². The van der Waals surface area contributed by atoms with Gasteiger partial charge >= 0.3 is 0 Å². The quantitative estimate of drug-likeness (QED) is 0.464. The molecule has 32 heavy (non-hydrogen) atoms. The minimum atomic E-state index is 0.146. The van der Waals surface area contributed by atoms with Crippen molar-refractivity contribution in [1.82, 2.24) is 19.6 Å². The van der Waals surface area contributed by atoms with Gasteiger partial charge in [0.05, 0.1) is 16.8 Å². The largest absolute Gasteiger partial charge is 0.381 e. The number of nitrogens with one attached hydrogen (secondary N) is 1. The fourth-order valence-electron chi connectivity index (χ4n) is 4.74. The van der Waals surface area contributed by atoms with Crippen LogP contribution >= 0.6 is 0 Å². The van der Waals surface area contributed by atoms with E-state index in [1.165, 1.54) is 0 Å². The number of carbonyl (C=O) groups is 1. The molecule has 0 atom stereocenters. The van der Waals surface area contributed by atoms with Crippen molar-refractivity contribution in [3.8, 4) is 11.1 Å². The number of carbonyl (C=O) groups excluding carboxylic acids is 1. The molecule has 0 spiro atoms. The third kappa shape index (κ3) is 3.52. The average Bonchev–Trinajstić information content (AvgIpc) is 3.57. The minimum Gasteiger partial charge on any atom is -0.381 e. The molecular weight excluding hydrogens is 400 g/mol. The molecule has 0 bridgehead atoms. The van der Waals surface area contributed by atoms with Gasteiger partial charge in [0.15, 0.2) is 11.4 Å². The number of hydrogen-bond donors (Lipinski definition) is 2. The highest BCUT2D eigenvalue weighted by Gasteiger charge is 2.33. The van der Waals surface area contributed by atoms with Crippen molar-refractivity contribution in [3.63, 3.8) is 0 Å². The van der Waals surface area contributed by atoms with Gasteiger partial charge in [-0.25, -0.2) is 9.50 Å². The summed E-state index contributed by atoms with van der Waals surface area (Å²) in [5.41, 5.74) is 11.6. The smallest absolute Gasteiger partial charge is 0.169 e. The number of anilines is 1. The SMILES string of the molecule is N[C@H]1CC[C@H](Nc2c(C(=O)C3CC3)cnc3ccc(-c4ccc5ncnn5c4)cc23)CC1. The second kappa shape index (κ2) is 7.67. The number of ketones is 1. The lowest BCUT2D eigenvalue weighted by Gasteiger charge is -2.29. The Bertz CT molecular complexity index is 1320. The van der Waals surface area contributed by atoms with Crippen LogP contribution < -0.4 is 11.1 Å². The van der Waals surface area contributed by atoms with Crippen LogP contribution in [0.1, 0.15) is 48.9 Å². The van der Waals surface area contributed by atoms with Gasteiger partial charge in [-0.15, -0.1) is 0 Å². The number of Topliss-reactive ketones (excluding diaryl/α,β-unsaturated/α-hetero) is 1. The van der Waals surface area contributed by atoms with Crippen LogP contribution in [0.5, 0.6) is 0 Å². The Morgan fingerprint density at radius 3 is 2.62 bits per heavy atom. The van der Waals surface area contributed by atoms with Crippen LogP contribution in [-0.2, 0) is 0 Å². The molecule has 0 saturated heterocycles. The lowest BCUT2D eigenvalue weighted by Crippen LogP contribution is -2.33. The molecule has 2 aliphatic rings. The number of benzene rings is 1. The average molecular weight is 427 g/mol. The number of rotatable bonds is 5. The number of hydrogen-bond acceptors (Lipinski definition) is 6. The van der Waals surface area contributed by atoms with E-state index in [9.17, 15) is 4.79 Å². The van der Waals surface area contributed by atoms with E-state index in [4.69, 9.17) is 5.73 Å². The Hall–Kier alpha value is -3.32. The van der Waals surface area contributed by atoms with Gasteiger partial charge in [0.2, 0.25) is 0 Å². The fourth-order valence-corrected chi connectivity index (χ4v) is 4.74. The maximum absolute atomic E-state index is 13.1. The molecule has 0 amide bonds. The summed E-state index contributed by atoms with van der Waals surface area (Å²) in [6, 6.07) is 10.9. The van der Waals surface area contributed by atoms with E-state index in [1.807, 2.05) is 24.4 Å². The van der Waals surface area contributed by atoms with E-state index in [2.05, 4.69) is 32.5 Å². The van der Waals surface area contributed by atoms with E-state index < -0.39 is 0 Å². The van der Waals surface area contributed by atoms with Gasteiger partial charge in [-0.3, -0.25) is 9.78 Å². The number of nitrogens with two attached hydrogens (primary N) is 1. The Balaban J connectivity index is 1.46. The molecule has 2 aliphatic carbocycles. The third-order valence-corrected chi connectivity index (χ3v) is 6.81. The number of nitrogens with zero attached hydrogens (tertiary/aromatic N) is 4. The highest BCUT2D eigenvalue weighted by molar-refractivity contribution is 6.10. The van der Waals surface area contributed by atoms with E-state index >= 15 is 0 Å². The van der Waals surface area contributed by atoms with Gasteiger partial charge in [-0.05, 0) is 68.4 Å². The molecule has 2 saturated carbocycles. The van der Waals surface area contributed by atoms with E-state index in [1.54, 1.807) is 17.0 Å². The highest BCUT2D eigenvalue weighted by atomic mass is 16.1. The van der Waals surface area contributed by atoms with Crippen LogP contribution in [-0.4, -0.2) is 37.4 Å². The standard InChI is InChI=1S/C25H26N6O/c26-18-5-7-19(8-6-18)30-24-20-11-16(17-4-10-23-28-14-29-31(23)13-17)3-9-22(20)27-12-21(24)25(32)15-1-2-15/h3-4,9-15,18-19H,1-2,5-8,26H2,(H,27,30)/t18-,19-. The van der Waals surface area contributed by atoms with Crippen LogP contribution in [0.4, 0.5) is 5.69 Å².